The maximum absolute atomic E-state index is 12.2. The minimum atomic E-state index is -0.911. The lowest BCUT2D eigenvalue weighted by Crippen LogP contribution is -2.27. The lowest BCUT2D eigenvalue weighted by molar-refractivity contribution is 0.0910. The minimum Gasteiger partial charge on any atom is -0.494 e. The van der Waals surface area contributed by atoms with Gasteiger partial charge in [-0.15, -0.1) is 0 Å². The van der Waals surface area contributed by atoms with Crippen LogP contribution in [0.5, 0.6) is 5.75 Å². The lowest BCUT2D eigenvalue weighted by atomic mass is 10.1. The number of aromatic amines is 1. The van der Waals surface area contributed by atoms with E-state index >= 15 is 0 Å². The molecule has 8 nitrogen and oxygen atoms in total. The summed E-state index contributed by atoms with van der Waals surface area (Å²) in [4.78, 5) is 38.0. The Morgan fingerprint density at radius 2 is 2.00 bits per heavy atom. The first kappa shape index (κ1) is 18.2. The molecule has 1 aromatic carbocycles. The topological polar surface area (TPSA) is 127 Å². The van der Waals surface area contributed by atoms with Gasteiger partial charge in [0.05, 0.1) is 6.61 Å². The van der Waals surface area contributed by atoms with Crippen molar-refractivity contribution in [3.63, 3.8) is 0 Å². The molecule has 2 heterocycles. The number of benzene rings is 1. The molecule has 140 valence electrons. The van der Waals surface area contributed by atoms with Gasteiger partial charge in [-0.1, -0.05) is 0 Å². The Morgan fingerprint density at radius 3 is 2.74 bits per heavy atom. The molecule has 3 rings (SSSR count). The van der Waals surface area contributed by atoms with Crippen molar-refractivity contribution in [2.75, 3.05) is 13.2 Å². The van der Waals surface area contributed by atoms with Gasteiger partial charge in [0.15, 0.2) is 16.9 Å². The number of hydrogen-bond acceptors (Lipinski definition) is 5. The molecule has 0 aliphatic heterocycles. The molecule has 0 saturated heterocycles. The van der Waals surface area contributed by atoms with Crippen molar-refractivity contribution >= 4 is 22.7 Å². The minimum absolute atomic E-state index is 0.256. The van der Waals surface area contributed by atoms with Crippen LogP contribution in [-0.4, -0.2) is 29.9 Å². The first-order valence-corrected chi connectivity index (χ1v) is 8.44. The molecule has 0 unspecified atom stereocenters. The molecule has 8 heteroatoms. The number of H-pyrrole nitrogens is 1. The molecule has 2 amide bonds. The number of amides is 2. The Balaban J connectivity index is 1.68. The average molecular weight is 369 g/mol. The van der Waals surface area contributed by atoms with Gasteiger partial charge in [0.1, 0.15) is 5.75 Å². The van der Waals surface area contributed by atoms with E-state index in [-0.39, 0.29) is 11.5 Å². The molecule has 0 radical (unpaired) electrons. The number of primary amides is 1. The molecule has 0 bridgehead atoms. The molecule has 0 spiro atoms. The number of fused-ring (bicyclic) bond motifs is 1. The number of rotatable bonds is 7. The normalized spacial score (nSPS) is 10.7. The van der Waals surface area contributed by atoms with Crippen LogP contribution in [0.3, 0.4) is 0 Å². The third kappa shape index (κ3) is 4.17. The van der Waals surface area contributed by atoms with E-state index in [1.807, 2.05) is 31.3 Å². The number of carbonyl (C=O) groups is 2. The van der Waals surface area contributed by atoms with E-state index in [9.17, 15) is 14.4 Å². The van der Waals surface area contributed by atoms with Crippen LogP contribution in [-0.2, 0) is 6.42 Å². The predicted molar refractivity (Wildman–Crippen MR) is 99.0 cm³/mol. The van der Waals surface area contributed by atoms with E-state index in [1.54, 1.807) is 0 Å². The van der Waals surface area contributed by atoms with Crippen molar-refractivity contribution in [3.05, 3.63) is 63.8 Å². The van der Waals surface area contributed by atoms with Gasteiger partial charge in [0, 0.05) is 35.8 Å². The van der Waals surface area contributed by atoms with Crippen LogP contribution in [0, 0.1) is 0 Å². The van der Waals surface area contributed by atoms with Gasteiger partial charge in [0.25, 0.3) is 11.8 Å². The highest BCUT2D eigenvalue weighted by molar-refractivity contribution is 5.94. The third-order valence-electron chi connectivity index (χ3n) is 3.96. The predicted octanol–water partition coefficient (Wildman–Crippen LogP) is 1.59. The van der Waals surface area contributed by atoms with Crippen molar-refractivity contribution in [2.24, 2.45) is 5.73 Å². The number of carbonyl (C=O) groups excluding carboxylic acids is 2. The van der Waals surface area contributed by atoms with E-state index in [4.69, 9.17) is 14.9 Å². The second kappa shape index (κ2) is 7.77. The number of aromatic nitrogens is 1. The monoisotopic (exact) mass is 369 g/mol. The summed E-state index contributed by atoms with van der Waals surface area (Å²) >= 11 is 0. The fraction of sp³-hybridized carbons (Fsp3) is 0.211. The van der Waals surface area contributed by atoms with Gasteiger partial charge < -0.3 is 25.2 Å². The maximum Gasteiger partial charge on any atom is 0.287 e. The van der Waals surface area contributed by atoms with Crippen molar-refractivity contribution in [1.29, 1.82) is 0 Å². The zero-order chi connectivity index (χ0) is 19.4. The fourth-order valence-electron chi connectivity index (χ4n) is 2.73. The Morgan fingerprint density at radius 1 is 1.22 bits per heavy atom. The largest absolute Gasteiger partial charge is 0.494 e. The van der Waals surface area contributed by atoms with E-state index in [0.29, 0.717) is 19.6 Å². The number of nitrogens with two attached hydrogens (primary N) is 1. The smallest absolute Gasteiger partial charge is 0.287 e. The SMILES string of the molecule is CCOc1ccc2[nH]cc(CCNC(=O)c3cc(=O)cc(C(N)=O)o3)c2c1. The van der Waals surface area contributed by atoms with Gasteiger partial charge in [-0.05, 0) is 37.1 Å². The van der Waals surface area contributed by atoms with Crippen LogP contribution in [0.4, 0.5) is 0 Å². The fourth-order valence-corrected chi connectivity index (χ4v) is 2.73. The molecule has 0 aliphatic carbocycles. The van der Waals surface area contributed by atoms with Crippen LogP contribution in [0.25, 0.3) is 10.9 Å². The van der Waals surface area contributed by atoms with Crippen molar-refractivity contribution in [1.82, 2.24) is 10.3 Å². The molecule has 0 atom stereocenters. The van der Waals surface area contributed by atoms with Crippen LogP contribution in [0.2, 0.25) is 0 Å². The van der Waals surface area contributed by atoms with Gasteiger partial charge in [0.2, 0.25) is 0 Å². The van der Waals surface area contributed by atoms with Crippen LogP contribution < -0.4 is 21.2 Å². The molecule has 4 N–H and O–H groups in total. The summed E-state index contributed by atoms with van der Waals surface area (Å²) in [7, 11) is 0. The van der Waals surface area contributed by atoms with Crippen LogP contribution >= 0.6 is 0 Å². The van der Waals surface area contributed by atoms with Crippen molar-refractivity contribution in [3.8, 4) is 5.75 Å². The highest BCUT2D eigenvalue weighted by Crippen LogP contribution is 2.24. The summed E-state index contributed by atoms with van der Waals surface area (Å²) in [5.41, 5.74) is 6.54. The van der Waals surface area contributed by atoms with Gasteiger partial charge >= 0.3 is 0 Å². The van der Waals surface area contributed by atoms with E-state index in [1.165, 1.54) is 0 Å². The average Bonchev–Trinajstić information content (AvgIpc) is 3.04. The highest BCUT2D eigenvalue weighted by Gasteiger charge is 2.14. The van der Waals surface area contributed by atoms with Gasteiger partial charge in [-0.2, -0.15) is 0 Å². The maximum atomic E-state index is 12.2. The summed E-state index contributed by atoms with van der Waals surface area (Å²) in [6.07, 6.45) is 2.43. The van der Waals surface area contributed by atoms with Crippen LogP contribution in [0.15, 0.2) is 45.7 Å². The molecule has 0 aliphatic rings. The lowest BCUT2D eigenvalue weighted by Gasteiger charge is -2.06. The molecule has 2 aromatic heterocycles. The summed E-state index contributed by atoms with van der Waals surface area (Å²) < 4.78 is 10.6. The first-order chi connectivity index (χ1) is 13.0. The second-order valence-corrected chi connectivity index (χ2v) is 5.85. The molecule has 3 aromatic rings. The number of nitrogens with one attached hydrogen (secondary N) is 2. The zero-order valence-electron chi connectivity index (χ0n) is 14.7. The Kier molecular flexibility index (Phi) is 5.25. The van der Waals surface area contributed by atoms with Gasteiger partial charge in [-0.25, -0.2) is 0 Å². The molecule has 0 saturated carbocycles. The van der Waals surface area contributed by atoms with Crippen molar-refractivity contribution in [2.45, 2.75) is 13.3 Å². The Bertz CT molecular complexity index is 1050. The molecular weight excluding hydrogens is 350 g/mol. The van der Waals surface area contributed by atoms with E-state index in [2.05, 4.69) is 10.3 Å². The van der Waals surface area contributed by atoms with E-state index < -0.39 is 17.2 Å². The van der Waals surface area contributed by atoms with E-state index in [0.717, 1.165) is 34.3 Å². The van der Waals surface area contributed by atoms with Crippen LogP contribution in [0.1, 0.15) is 33.6 Å². The Hall–Kier alpha value is -3.55. The standard InChI is InChI=1S/C19H19N3O5/c1-2-26-13-3-4-15-14(9-13)11(10-22-15)5-6-21-19(25)17-8-12(23)7-16(27-17)18(20)24/h3-4,7-10,22H,2,5-6H2,1H3,(H2,20,24)(H,21,25). The highest BCUT2D eigenvalue weighted by atomic mass is 16.5. The first-order valence-electron chi connectivity index (χ1n) is 8.44. The summed E-state index contributed by atoms with van der Waals surface area (Å²) in [6, 6.07) is 7.73. The number of hydrogen-bond donors (Lipinski definition) is 3. The summed E-state index contributed by atoms with van der Waals surface area (Å²) in [5.74, 6) is -1.34. The van der Waals surface area contributed by atoms with Crippen molar-refractivity contribution < 1.29 is 18.7 Å². The van der Waals surface area contributed by atoms with Gasteiger partial charge in [-0.3, -0.25) is 14.4 Å². The number of ether oxygens (including phenoxy) is 1. The molecule has 27 heavy (non-hydrogen) atoms. The molecular formula is C19H19N3O5. The summed E-state index contributed by atoms with van der Waals surface area (Å²) in [6.45, 7) is 2.81. The molecule has 0 fully saturated rings. The third-order valence-corrected chi connectivity index (χ3v) is 3.96. The zero-order valence-corrected chi connectivity index (χ0v) is 14.7. The second-order valence-electron chi connectivity index (χ2n) is 5.85. The summed E-state index contributed by atoms with van der Waals surface area (Å²) in [5, 5.41) is 3.68. The quantitative estimate of drug-likeness (QED) is 0.583. The Labute approximate surface area is 154 Å².